The Morgan fingerprint density at radius 3 is 2.61 bits per heavy atom. The first kappa shape index (κ1) is 12.5. The number of nitriles is 1. The Labute approximate surface area is 109 Å². The second kappa shape index (κ2) is 5.15. The van der Waals surface area contributed by atoms with Gasteiger partial charge in [-0.3, -0.25) is 0 Å². The third-order valence-corrected chi connectivity index (χ3v) is 3.86. The van der Waals surface area contributed by atoms with Crippen LogP contribution in [0.3, 0.4) is 0 Å². The number of rotatable bonds is 2. The zero-order chi connectivity index (χ0) is 13.1. The molecular formula is C13H13N3OS. The summed E-state index contributed by atoms with van der Waals surface area (Å²) >= 11 is 0. The molecule has 1 aromatic rings. The van der Waals surface area contributed by atoms with E-state index in [0.29, 0.717) is 4.90 Å². The molecule has 1 aromatic carbocycles. The molecule has 0 radical (unpaired) electrons. The summed E-state index contributed by atoms with van der Waals surface area (Å²) in [7, 11) is -1.46. The lowest BCUT2D eigenvalue weighted by Crippen LogP contribution is -2.33. The van der Waals surface area contributed by atoms with Gasteiger partial charge in [-0.15, -0.1) is 0 Å². The fraction of sp³-hybridized carbons (Fsp3) is 0.231. The molecule has 0 amide bonds. The van der Waals surface area contributed by atoms with Gasteiger partial charge in [-0.1, -0.05) is 17.7 Å². The van der Waals surface area contributed by atoms with Gasteiger partial charge in [0.1, 0.15) is 0 Å². The summed E-state index contributed by atoms with van der Waals surface area (Å²) in [5.41, 5.74) is 1.84. The molecule has 0 N–H and O–H groups in total. The van der Waals surface area contributed by atoms with Crippen LogP contribution in [0.2, 0.25) is 0 Å². The second-order valence-electron chi connectivity index (χ2n) is 4.04. The van der Waals surface area contributed by atoms with E-state index in [4.69, 9.17) is 5.26 Å². The average molecular weight is 259 g/mol. The minimum Gasteiger partial charge on any atom is -0.230 e. The lowest BCUT2D eigenvalue weighted by atomic mass is 10.2. The molecule has 0 spiro atoms. The van der Waals surface area contributed by atoms with Gasteiger partial charge >= 0.3 is 0 Å². The van der Waals surface area contributed by atoms with E-state index >= 15 is 0 Å². The summed E-state index contributed by atoms with van der Waals surface area (Å²) in [6.07, 6.45) is 3.46. The smallest absolute Gasteiger partial charge is 0.170 e. The van der Waals surface area contributed by atoms with Crippen molar-refractivity contribution < 1.29 is 4.21 Å². The molecule has 1 aliphatic heterocycles. The molecule has 4 nitrogen and oxygen atoms in total. The van der Waals surface area contributed by atoms with Gasteiger partial charge in [0.2, 0.25) is 0 Å². The largest absolute Gasteiger partial charge is 0.230 e. The molecule has 18 heavy (non-hydrogen) atoms. The Bertz CT molecular complexity index is 569. The van der Waals surface area contributed by atoms with Crippen molar-refractivity contribution in [1.82, 2.24) is 4.41 Å². The van der Waals surface area contributed by atoms with Crippen molar-refractivity contribution in [3.63, 3.8) is 0 Å². The molecule has 1 aliphatic rings. The summed E-state index contributed by atoms with van der Waals surface area (Å²) in [5.74, 6) is 0. The van der Waals surface area contributed by atoms with Crippen LogP contribution in [0.15, 0.2) is 46.4 Å². The minimum absolute atomic E-state index is 0.587. The number of nitrogens with zero attached hydrogens (tertiary/aromatic N) is 3. The lowest BCUT2D eigenvalue weighted by Gasteiger charge is -2.23. The first-order valence-corrected chi connectivity index (χ1v) is 6.63. The fourth-order valence-corrected chi connectivity index (χ4v) is 2.66. The molecule has 2 unspecified atom stereocenters. The van der Waals surface area contributed by atoms with Crippen molar-refractivity contribution in [1.29, 1.82) is 5.26 Å². The van der Waals surface area contributed by atoms with E-state index in [9.17, 15) is 4.21 Å². The van der Waals surface area contributed by atoms with Crippen molar-refractivity contribution >= 4 is 16.7 Å². The Morgan fingerprint density at radius 2 is 2.00 bits per heavy atom. The summed E-state index contributed by atoms with van der Waals surface area (Å²) in [5, 5.41) is 13.2. The molecule has 0 bridgehead atoms. The van der Waals surface area contributed by atoms with E-state index in [-0.39, 0.29) is 0 Å². The molecule has 92 valence electrons. The van der Waals surface area contributed by atoms with Gasteiger partial charge < -0.3 is 0 Å². The predicted octanol–water partition coefficient (Wildman–Crippen LogP) is 2.16. The highest BCUT2D eigenvalue weighted by Gasteiger charge is 2.23. The third-order valence-electron chi connectivity index (χ3n) is 2.54. The van der Waals surface area contributed by atoms with Crippen LogP contribution in [-0.2, 0) is 11.0 Å². The number of aryl methyl sites for hydroxylation is 1. The highest BCUT2D eigenvalue weighted by atomic mass is 32.2. The molecule has 0 aliphatic carbocycles. The zero-order valence-corrected chi connectivity index (χ0v) is 11.0. The SMILES string of the molecule is CC1=NN(S(=O)c2ccc(C)cc2)C(C#N)C=C1. The van der Waals surface area contributed by atoms with E-state index in [1.165, 1.54) is 4.41 Å². The number of hydrazone groups is 1. The maximum Gasteiger partial charge on any atom is 0.170 e. The van der Waals surface area contributed by atoms with Gasteiger partial charge in [0.05, 0.1) is 16.7 Å². The van der Waals surface area contributed by atoms with Gasteiger partial charge in [0, 0.05) is 0 Å². The monoisotopic (exact) mass is 259 g/mol. The molecule has 0 fully saturated rings. The predicted molar refractivity (Wildman–Crippen MR) is 71.1 cm³/mol. The van der Waals surface area contributed by atoms with Gasteiger partial charge in [-0.05, 0) is 38.1 Å². The second-order valence-corrected chi connectivity index (χ2v) is 5.38. The number of hydrogen-bond donors (Lipinski definition) is 0. The van der Waals surface area contributed by atoms with Crippen LogP contribution in [-0.4, -0.2) is 20.4 Å². The van der Waals surface area contributed by atoms with Crippen molar-refractivity contribution in [2.75, 3.05) is 0 Å². The molecule has 1 heterocycles. The summed E-state index contributed by atoms with van der Waals surface area (Å²) in [4.78, 5) is 0.646. The fourth-order valence-electron chi connectivity index (χ4n) is 1.55. The quantitative estimate of drug-likeness (QED) is 0.817. The van der Waals surface area contributed by atoms with Gasteiger partial charge in [-0.2, -0.15) is 14.8 Å². The van der Waals surface area contributed by atoms with Crippen LogP contribution in [0.25, 0.3) is 0 Å². The summed E-state index contributed by atoms with van der Waals surface area (Å²) in [6, 6.07) is 8.87. The maximum atomic E-state index is 12.4. The average Bonchev–Trinajstić information content (AvgIpc) is 2.39. The van der Waals surface area contributed by atoms with Crippen LogP contribution in [0.4, 0.5) is 0 Å². The van der Waals surface area contributed by atoms with E-state index in [1.807, 2.05) is 26.0 Å². The molecule has 0 saturated heterocycles. The molecule has 0 aromatic heterocycles. The van der Waals surface area contributed by atoms with Crippen molar-refractivity contribution in [3.8, 4) is 6.07 Å². The van der Waals surface area contributed by atoms with Crippen LogP contribution in [0.5, 0.6) is 0 Å². The van der Waals surface area contributed by atoms with Crippen LogP contribution in [0.1, 0.15) is 12.5 Å². The van der Waals surface area contributed by atoms with Gasteiger partial charge in [0.25, 0.3) is 0 Å². The summed E-state index contributed by atoms with van der Waals surface area (Å²) in [6.45, 7) is 3.78. The Hall–Kier alpha value is -1.93. The summed E-state index contributed by atoms with van der Waals surface area (Å²) < 4.78 is 13.7. The van der Waals surface area contributed by atoms with E-state index in [0.717, 1.165) is 11.3 Å². The van der Waals surface area contributed by atoms with Crippen molar-refractivity contribution in [2.24, 2.45) is 5.10 Å². The normalized spacial score (nSPS) is 20.2. The Balaban J connectivity index is 2.30. The van der Waals surface area contributed by atoms with E-state index < -0.39 is 17.0 Å². The first-order valence-electron chi connectivity index (χ1n) is 5.52. The van der Waals surface area contributed by atoms with Crippen molar-refractivity contribution in [2.45, 2.75) is 24.8 Å². The highest BCUT2D eigenvalue weighted by molar-refractivity contribution is 7.82. The topological polar surface area (TPSA) is 56.5 Å². The van der Waals surface area contributed by atoms with Gasteiger partial charge in [-0.25, -0.2) is 4.21 Å². The van der Waals surface area contributed by atoms with Crippen molar-refractivity contribution in [3.05, 3.63) is 42.0 Å². The highest BCUT2D eigenvalue weighted by Crippen LogP contribution is 2.18. The Kier molecular flexibility index (Phi) is 3.58. The molecule has 0 saturated carbocycles. The third kappa shape index (κ3) is 2.49. The molecule has 5 heteroatoms. The van der Waals surface area contributed by atoms with E-state index in [2.05, 4.69) is 11.2 Å². The number of allylic oxidation sites excluding steroid dienone is 1. The Morgan fingerprint density at radius 1 is 1.33 bits per heavy atom. The van der Waals surface area contributed by atoms with Crippen LogP contribution < -0.4 is 0 Å². The number of hydrogen-bond acceptors (Lipinski definition) is 3. The number of benzene rings is 1. The lowest BCUT2D eigenvalue weighted by molar-refractivity contribution is 0.456. The van der Waals surface area contributed by atoms with E-state index in [1.54, 1.807) is 24.3 Å². The molecule has 2 atom stereocenters. The van der Waals surface area contributed by atoms with Crippen LogP contribution in [0, 0.1) is 18.3 Å². The standard InChI is InChI=1S/C13H13N3OS/c1-10-3-7-13(8-4-10)18(17)16-12(9-14)6-5-11(2)15-16/h3-8,12H,1-2H3. The minimum atomic E-state index is -1.46. The molecular weight excluding hydrogens is 246 g/mol. The maximum absolute atomic E-state index is 12.4. The molecule has 2 rings (SSSR count). The van der Waals surface area contributed by atoms with Gasteiger partial charge in [0.15, 0.2) is 17.0 Å². The van der Waals surface area contributed by atoms with Crippen LogP contribution >= 0.6 is 0 Å². The zero-order valence-electron chi connectivity index (χ0n) is 10.2. The first-order chi connectivity index (χ1) is 8.61.